The van der Waals surface area contributed by atoms with Gasteiger partial charge in [-0.2, -0.15) is 0 Å². The molecule has 0 aliphatic carbocycles. The van der Waals surface area contributed by atoms with Gasteiger partial charge >= 0.3 is 0 Å². The van der Waals surface area contributed by atoms with Crippen molar-refractivity contribution in [2.45, 2.75) is 52.1 Å². The third kappa shape index (κ3) is 5.19. The minimum absolute atomic E-state index is 0.0251. The van der Waals surface area contributed by atoms with E-state index in [1.54, 1.807) is 6.92 Å². The van der Waals surface area contributed by atoms with Gasteiger partial charge in [-0.1, -0.05) is 0 Å². The second-order valence-corrected chi connectivity index (χ2v) is 5.65. The van der Waals surface area contributed by atoms with E-state index in [1.165, 1.54) is 0 Å². The Labute approximate surface area is 116 Å². The molecule has 19 heavy (non-hydrogen) atoms. The fraction of sp³-hybridized carbons (Fsp3) is 0.857. The minimum Gasteiger partial charge on any atom is -0.345 e. The summed E-state index contributed by atoms with van der Waals surface area (Å²) in [5.74, 6) is 0.0194. The fourth-order valence-electron chi connectivity index (χ4n) is 2.14. The Balaban J connectivity index is 2.31. The van der Waals surface area contributed by atoms with Crippen LogP contribution in [0.3, 0.4) is 0 Å². The van der Waals surface area contributed by atoms with Gasteiger partial charge in [0.1, 0.15) is 6.04 Å². The number of hydrogen-bond donors (Lipinski definition) is 1. The molecule has 0 aromatic carbocycles. The van der Waals surface area contributed by atoms with E-state index >= 15 is 0 Å². The van der Waals surface area contributed by atoms with Crippen LogP contribution in [0.1, 0.15) is 40.0 Å². The van der Waals surface area contributed by atoms with Crippen LogP contribution in [0.25, 0.3) is 0 Å². The lowest BCUT2D eigenvalue weighted by Crippen LogP contribution is -2.43. The van der Waals surface area contributed by atoms with Crippen LogP contribution >= 0.6 is 0 Å². The molecule has 0 radical (unpaired) electrons. The van der Waals surface area contributed by atoms with Gasteiger partial charge in [-0.05, 0) is 47.2 Å². The Morgan fingerprint density at radius 3 is 2.68 bits per heavy atom. The van der Waals surface area contributed by atoms with E-state index in [4.69, 9.17) is 0 Å². The molecule has 1 saturated heterocycles. The molecule has 2 amide bonds. The maximum Gasteiger partial charge on any atom is 0.244 e. The fourth-order valence-corrected chi connectivity index (χ4v) is 2.14. The van der Waals surface area contributed by atoms with Crippen molar-refractivity contribution in [1.82, 2.24) is 15.1 Å². The molecule has 1 aliphatic rings. The van der Waals surface area contributed by atoms with E-state index in [0.717, 1.165) is 25.9 Å². The molecule has 1 N–H and O–H groups in total. The first-order chi connectivity index (χ1) is 8.91. The van der Waals surface area contributed by atoms with E-state index in [1.807, 2.05) is 4.90 Å². The number of carbonyl (C=O) groups is 2. The first-order valence-electron chi connectivity index (χ1n) is 7.20. The van der Waals surface area contributed by atoms with Crippen LogP contribution in [0.2, 0.25) is 0 Å². The summed E-state index contributed by atoms with van der Waals surface area (Å²) < 4.78 is 0. The molecule has 1 fully saturated rings. The van der Waals surface area contributed by atoms with Crippen molar-refractivity contribution >= 4 is 11.8 Å². The summed E-state index contributed by atoms with van der Waals surface area (Å²) in [5, 5.41) is 2.71. The lowest BCUT2D eigenvalue weighted by atomic mass is 10.2. The molecule has 1 unspecified atom stereocenters. The first-order valence-corrected chi connectivity index (χ1v) is 7.20. The Morgan fingerprint density at radius 1 is 1.37 bits per heavy atom. The predicted octanol–water partition coefficient (Wildman–Crippen LogP) is 0.844. The summed E-state index contributed by atoms with van der Waals surface area (Å²) in [7, 11) is 2.12. The summed E-state index contributed by atoms with van der Waals surface area (Å²) in [6.07, 6.45) is 2.49. The van der Waals surface area contributed by atoms with Crippen molar-refractivity contribution in [3.63, 3.8) is 0 Å². The lowest BCUT2D eigenvalue weighted by molar-refractivity contribution is -0.133. The second kappa shape index (κ2) is 7.48. The summed E-state index contributed by atoms with van der Waals surface area (Å²) in [6.45, 7) is 8.46. The molecule has 0 saturated carbocycles. The molecule has 0 spiro atoms. The van der Waals surface area contributed by atoms with Crippen LogP contribution in [-0.4, -0.2) is 60.4 Å². The van der Waals surface area contributed by atoms with Crippen molar-refractivity contribution in [2.75, 3.05) is 26.7 Å². The third-order valence-electron chi connectivity index (χ3n) is 3.74. The van der Waals surface area contributed by atoms with Gasteiger partial charge in [0.15, 0.2) is 0 Å². The largest absolute Gasteiger partial charge is 0.345 e. The summed E-state index contributed by atoms with van der Waals surface area (Å²) in [4.78, 5) is 27.5. The van der Waals surface area contributed by atoms with Gasteiger partial charge in [-0.15, -0.1) is 0 Å². The first kappa shape index (κ1) is 16.0. The highest BCUT2D eigenvalue weighted by Crippen LogP contribution is 2.06. The molecule has 1 aliphatic heterocycles. The van der Waals surface area contributed by atoms with Gasteiger partial charge in [0.2, 0.25) is 11.8 Å². The minimum atomic E-state index is -0.381. The molecular formula is C14H27N3O2. The van der Waals surface area contributed by atoms with Crippen molar-refractivity contribution < 1.29 is 9.59 Å². The Hall–Kier alpha value is -1.10. The van der Waals surface area contributed by atoms with Gasteiger partial charge in [0, 0.05) is 25.6 Å². The average Bonchev–Trinajstić information content (AvgIpc) is 2.46. The normalized spacial score (nSPS) is 20.9. The number of amides is 2. The number of nitrogens with one attached hydrogen (secondary N) is 1. The number of rotatable bonds is 6. The molecule has 1 rings (SSSR count). The number of nitrogens with zero attached hydrogens (tertiary/aromatic N) is 2. The van der Waals surface area contributed by atoms with E-state index in [2.05, 4.69) is 31.1 Å². The highest BCUT2D eigenvalue weighted by atomic mass is 16.2. The van der Waals surface area contributed by atoms with Crippen LogP contribution in [0.4, 0.5) is 0 Å². The average molecular weight is 269 g/mol. The van der Waals surface area contributed by atoms with Crippen LogP contribution in [0.15, 0.2) is 0 Å². The third-order valence-corrected chi connectivity index (χ3v) is 3.74. The van der Waals surface area contributed by atoms with Crippen molar-refractivity contribution in [2.24, 2.45) is 0 Å². The molecule has 110 valence electrons. The summed E-state index contributed by atoms with van der Waals surface area (Å²) in [6, 6.07) is 0.176. The Bertz CT molecular complexity index is 318. The van der Waals surface area contributed by atoms with Gasteiger partial charge in [0.05, 0.1) is 0 Å². The number of carbonyl (C=O) groups excluding carboxylic acids is 2. The van der Waals surface area contributed by atoms with Crippen molar-refractivity contribution in [3.05, 3.63) is 0 Å². The smallest absolute Gasteiger partial charge is 0.244 e. The van der Waals surface area contributed by atoms with Crippen LogP contribution in [0, 0.1) is 0 Å². The number of hydrogen-bond acceptors (Lipinski definition) is 3. The summed E-state index contributed by atoms with van der Waals surface area (Å²) in [5.41, 5.74) is 0. The van der Waals surface area contributed by atoms with Crippen molar-refractivity contribution in [3.8, 4) is 0 Å². The Morgan fingerprint density at radius 2 is 2.05 bits per heavy atom. The lowest BCUT2D eigenvalue weighted by Gasteiger charge is -2.24. The topological polar surface area (TPSA) is 52.7 Å². The standard InChI is InChI=1S/C14H27N3O2/c1-11(2)16(4)8-5-6-9-17-10-7-13(18)15-12(3)14(17)19/h11-12H,5-10H2,1-4H3,(H,15,18). The zero-order chi connectivity index (χ0) is 14.4. The van der Waals surface area contributed by atoms with Gasteiger partial charge in [-0.25, -0.2) is 0 Å². The van der Waals surface area contributed by atoms with Gasteiger partial charge < -0.3 is 15.1 Å². The SMILES string of the molecule is CC1NC(=O)CCN(CCCCN(C)C(C)C)C1=O. The molecule has 0 aromatic heterocycles. The van der Waals surface area contributed by atoms with Gasteiger partial charge in [0.25, 0.3) is 0 Å². The Kier molecular flexibility index (Phi) is 6.28. The van der Waals surface area contributed by atoms with Crippen LogP contribution in [-0.2, 0) is 9.59 Å². The zero-order valence-electron chi connectivity index (χ0n) is 12.6. The zero-order valence-corrected chi connectivity index (χ0v) is 12.6. The highest BCUT2D eigenvalue weighted by molar-refractivity contribution is 5.89. The molecule has 1 heterocycles. The molecule has 0 aromatic rings. The monoisotopic (exact) mass is 269 g/mol. The van der Waals surface area contributed by atoms with E-state index in [9.17, 15) is 9.59 Å². The predicted molar refractivity (Wildman–Crippen MR) is 75.8 cm³/mol. The molecule has 5 nitrogen and oxygen atoms in total. The van der Waals surface area contributed by atoms with E-state index in [-0.39, 0.29) is 17.9 Å². The van der Waals surface area contributed by atoms with E-state index < -0.39 is 0 Å². The van der Waals surface area contributed by atoms with Gasteiger partial charge in [-0.3, -0.25) is 9.59 Å². The maximum absolute atomic E-state index is 12.0. The molecule has 0 bridgehead atoms. The quantitative estimate of drug-likeness (QED) is 0.727. The number of unbranched alkanes of at least 4 members (excludes halogenated alkanes) is 1. The molecule has 1 atom stereocenters. The summed E-state index contributed by atoms with van der Waals surface area (Å²) >= 11 is 0. The van der Waals surface area contributed by atoms with E-state index in [0.29, 0.717) is 19.0 Å². The maximum atomic E-state index is 12.0. The molecule has 5 heteroatoms. The molecular weight excluding hydrogens is 242 g/mol. The van der Waals surface area contributed by atoms with Crippen LogP contribution < -0.4 is 5.32 Å². The van der Waals surface area contributed by atoms with Crippen LogP contribution in [0.5, 0.6) is 0 Å². The highest BCUT2D eigenvalue weighted by Gasteiger charge is 2.25. The second-order valence-electron chi connectivity index (χ2n) is 5.65. The van der Waals surface area contributed by atoms with Crippen molar-refractivity contribution in [1.29, 1.82) is 0 Å².